The summed E-state index contributed by atoms with van der Waals surface area (Å²) >= 11 is 7.23. The molecular formula is C19H16ClN5O2S. The molecule has 0 fully saturated rings. The molecule has 142 valence electrons. The van der Waals surface area contributed by atoms with Crippen LogP contribution in [0.5, 0.6) is 5.75 Å². The fourth-order valence-electron chi connectivity index (χ4n) is 2.78. The number of halogens is 1. The first-order chi connectivity index (χ1) is 13.5. The lowest BCUT2D eigenvalue weighted by molar-refractivity contribution is -0.115. The minimum Gasteiger partial charge on any atom is -0.495 e. The van der Waals surface area contributed by atoms with Crippen molar-refractivity contribution in [2.45, 2.75) is 17.3 Å². The van der Waals surface area contributed by atoms with E-state index in [9.17, 15) is 4.79 Å². The van der Waals surface area contributed by atoms with E-state index in [-0.39, 0.29) is 5.91 Å². The lowest BCUT2D eigenvalue weighted by Crippen LogP contribution is -2.23. The first-order valence-electron chi connectivity index (χ1n) is 8.47. The van der Waals surface area contributed by atoms with E-state index in [0.717, 1.165) is 10.9 Å². The molecule has 4 rings (SSSR count). The molecule has 0 spiro atoms. The minimum atomic E-state index is -0.452. The van der Waals surface area contributed by atoms with Crippen molar-refractivity contribution in [1.29, 1.82) is 0 Å². The molecule has 0 saturated heterocycles. The zero-order valence-corrected chi connectivity index (χ0v) is 16.6. The smallest absolute Gasteiger partial charge is 0.237 e. The fourth-order valence-corrected chi connectivity index (χ4v) is 3.67. The summed E-state index contributed by atoms with van der Waals surface area (Å²) < 4.78 is 5.26. The number of para-hydroxylation sites is 1. The molecule has 4 aromatic rings. The lowest BCUT2D eigenvalue weighted by Gasteiger charge is -2.13. The maximum absolute atomic E-state index is 12.6. The summed E-state index contributed by atoms with van der Waals surface area (Å²) in [5.41, 5.74) is 2.81. The zero-order valence-electron chi connectivity index (χ0n) is 15.1. The number of methoxy groups -OCH3 is 1. The number of hydrogen-bond donors (Lipinski definition) is 2. The minimum absolute atomic E-state index is 0.217. The molecule has 0 bridgehead atoms. The van der Waals surface area contributed by atoms with Gasteiger partial charge < -0.3 is 15.0 Å². The summed E-state index contributed by atoms with van der Waals surface area (Å²) in [7, 11) is 1.53. The number of benzene rings is 2. The van der Waals surface area contributed by atoms with E-state index in [1.54, 1.807) is 25.1 Å². The van der Waals surface area contributed by atoms with Crippen LogP contribution in [0.3, 0.4) is 0 Å². The number of fused-ring (bicyclic) bond motifs is 3. The summed E-state index contributed by atoms with van der Waals surface area (Å²) in [5.74, 6) is 0.318. The van der Waals surface area contributed by atoms with Crippen LogP contribution in [-0.2, 0) is 4.79 Å². The highest BCUT2D eigenvalue weighted by Crippen LogP contribution is 2.29. The Morgan fingerprint density at radius 1 is 1.25 bits per heavy atom. The number of carbonyl (C=O) groups excluding carboxylic acids is 1. The quantitative estimate of drug-likeness (QED) is 0.474. The molecule has 0 aliphatic carbocycles. The second-order valence-electron chi connectivity index (χ2n) is 6.06. The normalized spacial score (nSPS) is 12.2. The Bertz CT molecular complexity index is 1180. The number of ether oxygens (including phenoxy) is 1. The van der Waals surface area contributed by atoms with Gasteiger partial charge in [0, 0.05) is 15.9 Å². The van der Waals surface area contributed by atoms with E-state index < -0.39 is 5.25 Å². The van der Waals surface area contributed by atoms with Gasteiger partial charge in [-0.1, -0.05) is 41.6 Å². The molecule has 0 aliphatic rings. The van der Waals surface area contributed by atoms with Gasteiger partial charge in [-0.05, 0) is 31.2 Å². The molecule has 28 heavy (non-hydrogen) atoms. The van der Waals surface area contributed by atoms with Crippen molar-refractivity contribution in [1.82, 2.24) is 20.2 Å². The molecule has 2 heterocycles. The third-order valence-electron chi connectivity index (χ3n) is 4.17. The average Bonchev–Trinajstić information content (AvgIpc) is 3.06. The van der Waals surface area contributed by atoms with Gasteiger partial charge in [0.25, 0.3) is 0 Å². The van der Waals surface area contributed by atoms with E-state index in [4.69, 9.17) is 16.3 Å². The number of anilines is 1. The Morgan fingerprint density at radius 3 is 2.89 bits per heavy atom. The molecule has 7 nitrogen and oxygen atoms in total. The number of carbonyl (C=O) groups is 1. The first kappa shape index (κ1) is 18.5. The van der Waals surface area contributed by atoms with Crippen LogP contribution in [0, 0.1) is 0 Å². The van der Waals surface area contributed by atoms with Gasteiger partial charge in [0.15, 0.2) is 5.65 Å². The standard InChI is InChI=1S/C19H16ClN5O2S/c1-10(18(26)22-14-9-11(20)7-8-15(14)27-2)28-19-23-17-16(24-25-19)12-5-3-4-6-13(12)21-17/h3-10H,1-2H3,(H,22,26)(H,21,23,25)/t10-/m1/s1. The van der Waals surface area contributed by atoms with Gasteiger partial charge in [-0.2, -0.15) is 0 Å². The largest absolute Gasteiger partial charge is 0.495 e. The van der Waals surface area contributed by atoms with Gasteiger partial charge in [-0.15, -0.1) is 10.2 Å². The fraction of sp³-hybridized carbons (Fsp3) is 0.158. The van der Waals surface area contributed by atoms with Gasteiger partial charge >= 0.3 is 0 Å². The van der Waals surface area contributed by atoms with E-state index in [0.29, 0.717) is 32.8 Å². The maximum Gasteiger partial charge on any atom is 0.237 e. The molecule has 2 aromatic heterocycles. The van der Waals surface area contributed by atoms with Crippen LogP contribution in [-0.4, -0.2) is 38.4 Å². The van der Waals surface area contributed by atoms with Crippen LogP contribution >= 0.6 is 23.4 Å². The van der Waals surface area contributed by atoms with Crippen LogP contribution < -0.4 is 10.1 Å². The second-order valence-corrected chi connectivity index (χ2v) is 7.80. The van der Waals surface area contributed by atoms with Gasteiger partial charge in [-0.3, -0.25) is 4.79 Å². The Balaban J connectivity index is 1.53. The number of thioether (sulfide) groups is 1. The van der Waals surface area contributed by atoms with Crippen LogP contribution in [0.15, 0.2) is 47.6 Å². The van der Waals surface area contributed by atoms with Gasteiger partial charge in [0.1, 0.15) is 11.3 Å². The highest BCUT2D eigenvalue weighted by atomic mass is 35.5. The number of rotatable bonds is 5. The summed E-state index contributed by atoms with van der Waals surface area (Å²) in [6, 6.07) is 12.8. The number of hydrogen-bond acceptors (Lipinski definition) is 6. The van der Waals surface area contributed by atoms with Crippen molar-refractivity contribution in [2.24, 2.45) is 0 Å². The Labute approximate surface area is 169 Å². The topological polar surface area (TPSA) is 92.8 Å². The number of nitrogens with one attached hydrogen (secondary N) is 2. The van der Waals surface area contributed by atoms with Crippen LogP contribution in [0.25, 0.3) is 22.1 Å². The van der Waals surface area contributed by atoms with Gasteiger partial charge in [-0.25, -0.2) is 4.98 Å². The first-order valence-corrected chi connectivity index (χ1v) is 9.73. The van der Waals surface area contributed by atoms with Crippen molar-refractivity contribution < 1.29 is 9.53 Å². The van der Waals surface area contributed by atoms with E-state index in [1.165, 1.54) is 18.9 Å². The number of aromatic nitrogens is 4. The molecule has 2 aromatic carbocycles. The van der Waals surface area contributed by atoms with Crippen LogP contribution in [0.2, 0.25) is 5.02 Å². The molecular weight excluding hydrogens is 398 g/mol. The number of aromatic amines is 1. The molecule has 0 saturated carbocycles. The molecule has 0 aliphatic heterocycles. The summed E-state index contributed by atoms with van der Waals surface area (Å²) in [6.45, 7) is 1.77. The van der Waals surface area contributed by atoms with Crippen molar-refractivity contribution >= 4 is 57.0 Å². The molecule has 0 unspecified atom stereocenters. The Kier molecular flexibility index (Phi) is 5.06. The monoisotopic (exact) mass is 413 g/mol. The molecule has 0 radical (unpaired) electrons. The Morgan fingerprint density at radius 2 is 2.07 bits per heavy atom. The lowest BCUT2D eigenvalue weighted by atomic mass is 10.2. The molecule has 1 amide bonds. The van der Waals surface area contributed by atoms with E-state index in [1.807, 2.05) is 24.3 Å². The number of nitrogens with zero attached hydrogens (tertiary/aromatic N) is 3. The predicted octanol–water partition coefficient (Wildman–Crippen LogP) is 4.29. The predicted molar refractivity (Wildman–Crippen MR) is 111 cm³/mol. The number of H-pyrrole nitrogens is 1. The third kappa shape index (κ3) is 3.61. The average molecular weight is 414 g/mol. The number of amides is 1. The van der Waals surface area contributed by atoms with Crippen molar-refractivity contribution in [3.05, 3.63) is 47.5 Å². The van der Waals surface area contributed by atoms with E-state index >= 15 is 0 Å². The zero-order chi connectivity index (χ0) is 19.7. The van der Waals surface area contributed by atoms with E-state index in [2.05, 4.69) is 25.5 Å². The van der Waals surface area contributed by atoms with Crippen molar-refractivity contribution in [3.8, 4) is 5.75 Å². The highest BCUT2D eigenvalue weighted by Gasteiger charge is 2.19. The maximum atomic E-state index is 12.6. The SMILES string of the molecule is COc1ccc(Cl)cc1NC(=O)[C@@H](C)Sc1nnc2c(n1)[nH]c1ccccc12. The van der Waals surface area contributed by atoms with Gasteiger partial charge in [0.05, 0.1) is 18.0 Å². The second kappa shape index (κ2) is 7.65. The van der Waals surface area contributed by atoms with Crippen molar-refractivity contribution in [3.63, 3.8) is 0 Å². The Hall–Kier alpha value is -2.84. The third-order valence-corrected chi connectivity index (χ3v) is 5.36. The van der Waals surface area contributed by atoms with Crippen LogP contribution in [0.1, 0.15) is 6.92 Å². The highest BCUT2D eigenvalue weighted by molar-refractivity contribution is 8.00. The molecule has 2 N–H and O–H groups in total. The van der Waals surface area contributed by atoms with Gasteiger partial charge in [0.2, 0.25) is 11.1 Å². The van der Waals surface area contributed by atoms with Crippen molar-refractivity contribution in [2.75, 3.05) is 12.4 Å². The van der Waals surface area contributed by atoms with Crippen LogP contribution in [0.4, 0.5) is 5.69 Å². The summed E-state index contributed by atoms with van der Waals surface area (Å²) in [4.78, 5) is 20.3. The molecule has 1 atom stereocenters. The summed E-state index contributed by atoms with van der Waals surface area (Å²) in [5, 5.41) is 12.7. The molecule has 9 heteroatoms. The summed E-state index contributed by atoms with van der Waals surface area (Å²) in [6.07, 6.45) is 0.